The summed E-state index contributed by atoms with van der Waals surface area (Å²) in [4.78, 5) is 43.5. The molecule has 5 aliphatic rings. The molecule has 3 fully saturated rings. The average molecular weight is 979 g/mol. The molecule has 364 valence electrons. The van der Waals surface area contributed by atoms with E-state index in [4.69, 9.17) is 26.1 Å². The Hall–Kier alpha value is -5.72. The smallest absolute Gasteiger partial charge is 0.293 e. The number of pyridine rings is 1. The van der Waals surface area contributed by atoms with Gasteiger partial charge in [-0.1, -0.05) is 43.2 Å². The van der Waals surface area contributed by atoms with E-state index in [0.717, 1.165) is 111 Å². The summed E-state index contributed by atoms with van der Waals surface area (Å²) in [5.74, 6) is 0.177. The Bertz CT molecular complexity index is 2870. The Kier molecular flexibility index (Phi) is 13.3. The lowest BCUT2D eigenvalue weighted by Crippen LogP contribution is -2.49. The van der Waals surface area contributed by atoms with Gasteiger partial charge in [-0.3, -0.25) is 19.8 Å². The van der Waals surface area contributed by atoms with Crippen molar-refractivity contribution in [2.75, 3.05) is 98.8 Å². The molecule has 0 radical (unpaired) electrons. The minimum atomic E-state index is -4.58. The Morgan fingerprint density at radius 2 is 1.72 bits per heavy atom. The number of sulfonamides is 1. The van der Waals surface area contributed by atoms with Gasteiger partial charge < -0.3 is 34.5 Å². The molecule has 3 N–H and O–H groups in total. The Morgan fingerprint density at radius 3 is 2.46 bits per heavy atom. The van der Waals surface area contributed by atoms with Crippen molar-refractivity contribution in [2.24, 2.45) is 11.3 Å². The second-order valence-electron chi connectivity index (χ2n) is 19.8. The number of nitrogens with one attached hydrogen (secondary N) is 3. The molecule has 0 atom stereocenters. The number of nitro groups is 1. The van der Waals surface area contributed by atoms with Crippen LogP contribution in [0.25, 0.3) is 16.6 Å². The first-order chi connectivity index (χ1) is 33.3. The highest BCUT2D eigenvalue weighted by Gasteiger charge is 2.35. The fourth-order valence-electron chi connectivity index (χ4n) is 10.5. The maximum absolute atomic E-state index is 14.6. The van der Waals surface area contributed by atoms with Crippen molar-refractivity contribution in [3.63, 3.8) is 0 Å². The summed E-state index contributed by atoms with van der Waals surface area (Å²) in [5.41, 5.74) is 7.31. The number of carbonyl (C=O) groups is 1. The lowest BCUT2D eigenvalue weighted by Gasteiger charge is -2.39. The Balaban J connectivity index is 0.949. The molecule has 4 aliphatic heterocycles. The largest absolute Gasteiger partial charge is 0.381 e. The molecule has 0 spiro atoms. The van der Waals surface area contributed by atoms with E-state index in [1.807, 2.05) is 36.5 Å². The molecule has 1 amide bonds. The average Bonchev–Trinajstić information content (AvgIpc) is 3.72. The lowest BCUT2D eigenvalue weighted by atomic mass is 9.72. The number of ether oxygens (including phenoxy) is 2. The quantitative estimate of drug-likeness (QED) is 0.0755. The molecule has 6 heterocycles. The second kappa shape index (κ2) is 19.6. The molecule has 10 rings (SSSR count). The third kappa shape index (κ3) is 10.2. The first kappa shape index (κ1) is 47.0. The van der Waals surface area contributed by atoms with E-state index in [0.29, 0.717) is 51.7 Å². The number of aromatic amines is 1. The van der Waals surface area contributed by atoms with Crippen LogP contribution in [0.15, 0.2) is 89.5 Å². The van der Waals surface area contributed by atoms with Crippen LogP contribution in [0.2, 0.25) is 5.02 Å². The van der Waals surface area contributed by atoms with E-state index in [1.54, 1.807) is 6.07 Å². The number of anilines is 5. The molecule has 5 aromatic rings. The Labute approximate surface area is 408 Å². The van der Waals surface area contributed by atoms with Crippen molar-refractivity contribution in [2.45, 2.75) is 63.3 Å². The molecule has 0 unspecified atom stereocenters. The minimum absolute atomic E-state index is 0.143. The van der Waals surface area contributed by atoms with Gasteiger partial charge in [0.05, 0.1) is 46.0 Å². The van der Waals surface area contributed by atoms with Crippen LogP contribution in [0, 0.1) is 21.4 Å². The molecule has 18 heteroatoms. The maximum atomic E-state index is 14.6. The number of piperazine rings is 1. The standard InChI is InChI=1S/C51H60ClN9O7S/c1-51(2)16-12-37(43(29-51)35-4-6-38(52)7-5-35)31-57-20-22-58(23-21-57)39-8-10-42(45(27-39)60-19-3-18-59(40-32-68-33-40)49-47(60)26-36-13-17-53-48(36)55-49)50(62)56-69(65,66)41-9-11-44(46(28-41)61(63)64)54-30-34-14-24-67-25-15-34/h4-11,13,17,26-28,34,40,54H,3,12,14-16,18-25,29-33H2,1-2H3,(H,53,55)(H,56,62). The highest BCUT2D eigenvalue weighted by Crippen LogP contribution is 2.45. The zero-order valence-electron chi connectivity index (χ0n) is 39.2. The number of amides is 1. The predicted octanol–water partition coefficient (Wildman–Crippen LogP) is 8.61. The molecular formula is C51H60ClN9O7S. The van der Waals surface area contributed by atoms with Gasteiger partial charge in [0.25, 0.3) is 21.6 Å². The molecule has 69 heavy (non-hydrogen) atoms. The van der Waals surface area contributed by atoms with Crippen LogP contribution >= 0.6 is 11.6 Å². The molecule has 3 aromatic carbocycles. The van der Waals surface area contributed by atoms with E-state index in [2.05, 4.69) is 66.7 Å². The first-order valence-corrected chi connectivity index (χ1v) is 26.0. The van der Waals surface area contributed by atoms with Gasteiger partial charge in [0.1, 0.15) is 11.3 Å². The normalized spacial score (nSPS) is 19.6. The van der Waals surface area contributed by atoms with Crippen molar-refractivity contribution in [3.8, 4) is 0 Å². The number of nitrogens with zero attached hydrogens (tertiary/aromatic N) is 6. The number of aromatic nitrogens is 2. The monoisotopic (exact) mass is 977 g/mol. The number of allylic oxidation sites excluding steroid dienone is 1. The van der Waals surface area contributed by atoms with Crippen LogP contribution in [0.5, 0.6) is 0 Å². The van der Waals surface area contributed by atoms with E-state index < -0.39 is 26.5 Å². The van der Waals surface area contributed by atoms with E-state index in [-0.39, 0.29) is 33.5 Å². The topological polar surface area (TPSA) is 179 Å². The zero-order chi connectivity index (χ0) is 47.9. The molecule has 0 bridgehead atoms. The number of halogens is 1. The number of hydrogen-bond donors (Lipinski definition) is 3. The van der Waals surface area contributed by atoms with Gasteiger partial charge in [0.2, 0.25) is 0 Å². The van der Waals surface area contributed by atoms with Gasteiger partial charge in [0, 0.05) is 93.9 Å². The summed E-state index contributed by atoms with van der Waals surface area (Å²) in [5, 5.41) is 17.1. The molecule has 0 saturated carbocycles. The van der Waals surface area contributed by atoms with Crippen LogP contribution in [-0.4, -0.2) is 119 Å². The highest BCUT2D eigenvalue weighted by atomic mass is 35.5. The second-order valence-corrected chi connectivity index (χ2v) is 22.0. The molecule has 16 nitrogen and oxygen atoms in total. The number of rotatable bonds is 13. The number of carbonyl (C=O) groups excluding carboxylic acids is 1. The van der Waals surface area contributed by atoms with Crippen molar-refractivity contribution in [1.29, 1.82) is 0 Å². The third-order valence-corrected chi connectivity index (χ3v) is 16.2. The highest BCUT2D eigenvalue weighted by molar-refractivity contribution is 7.90. The van der Waals surface area contributed by atoms with Crippen molar-refractivity contribution < 1.29 is 27.6 Å². The summed E-state index contributed by atoms with van der Waals surface area (Å²) < 4.78 is 41.6. The number of H-pyrrole nitrogens is 1. The fraction of sp³-hybridized carbons (Fsp3) is 0.451. The maximum Gasteiger partial charge on any atom is 0.293 e. The van der Waals surface area contributed by atoms with Crippen molar-refractivity contribution in [1.82, 2.24) is 19.6 Å². The van der Waals surface area contributed by atoms with Crippen molar-refractivity contribution in [3.05, 3.63) is 111 Å². The summed E-state index contributed by atoms with van der Waals surface area (Å²) >= 11 is 6.30. The summed E-state index contributed by atoms with van der Waals surface area (Å²) in [6, 6.07) is 21.7. The van der Waals surface area contributed by atoms with Gasteiger partial charge in [0.15, 0.2) is 5.82 Å². The fourth-order valence-corrected chi connectivity index (χ4v) is 11.6. The van der Waals surface area contributed by atoms with Crippen LogP contribution in [0.4, 0.5) is 34.3 Å². The van der Waals surface area contributed by atoms with Crippen LogP contribution < -0.4 is 24.7 Å². The number of benzene rings is 3. The first-order valence-electron chi connectivity index (χ1n) is 24.1. The molecule has 3 saturated heterocycles. The number of fused-ring (bicyclic) bond motifs is 2. The van der Waals surface area contributed by atoms with Gasteiger partial charge >= 0.3 is 0 Å². The summed E-state index contributed by atoms with van der Waals surface area (Å²) in [7, 11) is -4.58. The number of nitro benzene ring substituents is 1. The molecule has 1 aliphatic carbocycles. The van der Waals surface area contributed by atoms with E-state index >= 15 is 0 Å². The van der Waals surface area contributed by atoms with Crippen LogP contribution in [0.3, 0.4) is 0 Å². The zero-order valence-corrected chi connectivity index (χ0v) is 40.8. The van der Waals surface area contributed by atoms with Crippen LogP contribution in [0.1, 0.15) is 68.3 Å². The van der Waals surface area contributed by atoms with E-state index in [9.17, 15) is 23.3 Å². The SMILES string of the molecule is CC1(C)CCC(CN2CCN(c3ccc(C(=O)NS(=O)(=O)c4ccc(NCC5CCOCC5)c([N+](=O)[O-])c4)c(N4CCCN(C5COC5)c5nc6[nH]ccc6cc54)c3)CC2)=C(c2ccc(Cl)cc2)C1. The van der Waals surface area contributed by atoms with E-state index in [1.165, 1.54) is 28.8 Å². The van der Waals surface area contributed by atoms with Gasteiger partial charge in [-0.05, 0) is 116 Å². The Morgan fingerprint density at radius 1 is 0.942 bits per heavy atom. The van der Waals surface area contributed by atoms with Crippen molar-refractivity contribution >= 4 is 78.4 Å². The molecule has 2 aromatic heterocycles. The summed E-state index contributed by atoms with van der Waals surface area (Å²) in [6.45, 7) is 12.9. The molecular weight excluding hydrogens is 918 g/mol. The third-order valence-electron chi connectivity index (χ3n) is 14.6. The predicted molar refractivity (Wildman–Crippen MR) is 271 cm³/mol. The van der Waals surface area contributed by atoms with Gasteiger partial charge in [-0.15, -0.1) is 0 Å². The lowest BCUT2D eigenvalue weighted by molar-refractivity contribution is -0.384. The summed E-state index contributed by atoms with van der Waals surface area (Å²) in [6.07, 6.45) is 7.45. The number of hydrogen-bond acceptors (Lipinski definition) is 13. The van der Waals surface area contributed by atoms with Gasteiger partial charge in [-0.25, -0.2) is 18.1 Å². The van der Waals surface area contributed by atoms with Gasteiger partial charge in [-0.2, -0.15) is 0 Å². The minimum Gasteiger partial charge on any atom is -0.381 e. The van der Waals surface area contributed by atoms with Crippen LogP contribution in [-0.2, 0) is 19.5 Å².